The highest BCUT2D eigenvalue weighted by Gasteiger charge is 2.06. The molecule has 0 spiro atoms. The Bertz CT molecular complexity index is 656. The highest BCUT2D eigenvalue weighted by atomic mass is 16.6. The summed E-state index contributed by atoms with van der Waals surface area (Å²) in [5.74, 6) is 1.44. The second-order valence-electron chi connectivity index (χ2n) is 4.95. The van der Waals surface area contributed by atoms with E-state index in [2.05, 4.69) is 5.32 Å². The summed E-state index contributed by atoms with van der Waals surface area (Å²) in [7, 11) is 1.62. The van der Waals surface area contributed by atoms with Crippen molar-refractivity contribution in [1.82, 2.24) is 5.32 Å². The van der Waals surface area contributed by atoms with Crippen molar-refractivity contribution in [1.29, 1.82) is 0 Å². The van der Waals surface area contributed by atoms with Gasteiger partial charge in [0.2, 0.25) is 0 Å². The maximum atomic E-state index is 10.6. The van der Waals surface area contributed by atoms with Crippen molar-refractivity contribution in [2.45, 2.75) is 20.0 Å². The number of hydrogen-bond donors (Lipinski definition) is 1. The lowest BCUT2D eigenvalue weighted by atomic mass is 10.1. The van der Waals surface area contributed by atoms with E-state index >= 15 is 0 Å². The van der Waals surface area contributed by atoms with E-state index in [1.54, 1.807) is 19.2 Å². The van der Waals surface area contributed by atoms with Gasteiger partial charge in [-0.2, -0.15) is 0 Å². The van der Waals surface area contributed by atoms with Gasteiger partial charge in [0, 0.05) is 25.2 Å². The number of ether oxygens (including phenoxy) is 2. The van der Waals surface area contributed by atoms with E-state index in [0.29, 0.717) is 25.4 Å². The summed E-state index contributed by atoms with van der Waals surface area (Å²) < 4.78 is 10.8. The van der Waals surface area contributed by atoms with Gasteiger partial charge in [-0.25, -0.2) is 0 Å². The zero-order valence-electron chi connectivity index (χ0n) is 13.2. The van der Waals surface area contributed by atoms with Gasteiger partial charge in [0.15, 0.2) is 11.5 Å². The molecule has 23 heavy (non-hydrogen) atoms. The van der Waals surface area contributed by atoms with Crippen LogP contribution in [0.3, 0.4) is 0 Å². The number of nitro groups is 1. The maximum absolute atomic E-state index is 10.6. The molecule has 0 amide bonds. The highest BCUT2D eigenvalue weighted by molar-refractivity contribution is 5.43. The van der Waals surface area contributed by atoms with Crippen LogP contribution in [0, 0.1) is 10.1 Å². The molecule has 2 rings (SSSR count). The van der Waals surface area contributed by atoms with E-state index in [1.165, 1.54) is 12.1 Å². The summed E-state index contributed by atoms with van der Waals surface area (Å²) in [6.45, 7) is 3.81. The number of methoxy groups -OCH3 is 1. The Balaban J connectivity index is 1.93. The molecule has 0 saturated heterocycles. The number of benzene rings is 2. The van der Waals surface area contributed by atoms with Crippen LogP contribution in [0.1, 0.15) is 18.1 Å². The first kappa shape index (κ1) is 16.8. The lowest BCUT2D eigenvalue weighted by Crippen LogP contribution is -2.12. The largest absolute Gasteiger partial charge is 0.493 e. The van der Waals surface area contributed by atoms with Gasteiger partial charge in [0.05, 0.1) is 18.6 Å². The minimum absolute atomic E-state index is 0.102. The molecule has 1 N–H and O–H groups in total. The molecular formula is C17H20N2O4. The van der Waals surface area contributed by atoms with E-state index in [0.717, 1.165) is 16.9 Å². The van der Waals surface area contributed by atoms with Crippen molar-refractivity contribution in [2.75, 3.05) is 13.7 Å². The van der Waals surface area contributed by atoms with Gasteiger partial charge in [-0.3, -0.25) is 10.1 Å². The molecule has 0 radical (unpaired) electrons. The number of non-ortho nitro benzene ring substituents is 1. The molecule has 0 aromatic heterocycles. The molecule has 0 unspecified atom stereocenters. The summed E-state index contributed by atoms with van der Waals surface area (Å²) in [5.41, 5.74) is 2.18. The molecular weight excluding hydrogens is 296 g/mol. The Kier molecular flexibility index (Phi) is 5.94. The monoisotopic (exact) mass is 316 g/mol. The van der Waals surface area contributed by atoms with Crippen LogP contribution in [0.15, 0.2) is 42.5 Å². The van der Waals surface area contributed by atoms with Crippen LogP contribution in [-0.4, -0.2) is 18.6 Å². The summed E-state index contributed by atoms with van der Waals surface area (Å²) in [5, 5.41) is 13.9. The van der Waals surface area contributed by atoms with E-state index in [-0.39, 0.29) is 5.69 Å². The fourth-order valence-electron chi connectivity index (χ4n) is 2.19. The van der Waals surface area contributed by atoms with E-state index in [9.17, 15) is 10.1 Å². The first-order valence-corrected chi connectivity index (χ1v) is 7.37. The number of nitrogens with one attached hydrogen (secondary N) is 1. The quantitative estimate of drug-likeness (QED) is 0.597. The maximum Gasteiger partial charge on any atom is 0.269 e. The van der Waals surface area contributed by atoms with Crippen LogP contribution in [0.4, 0.5) is 5.69 Å². The molecule has 0 saturated carbocycles. The van der Waals surface area contributed by atoms with Crippen molar-refractivity contribution in [3.8, 4) is 11.5 Å². The van der Waals surface area contributed by atoms with E-state index < -0.39 is 4.92 Å². The van der Waals surface area contributed by atoms with Crippen LogP contribution in [0.25, 0.3) is 0 Å². The van der Waals surface area contributed by atoms with Gasteiger partial charge in [-0.05, 0) is 30.2 Å². The lowest BCUT2D eigenvalue weighted by molar-refractivity contribution is -0.384. The van der Waals surface area contributed by atoms with Crippen molar-refractivity contribution in [3.05, 3.63) is 63.7 Å². The summed E-state index contributed by atoms with van der Waals surface area (Å²) in [4.78, 5) is 10.2. The fourth-order valence-corrected chi connectivity index (χ4v) is 2.19. The second kappa shape index (κ2) is 8.14. The molecule has 0 heterocycles. The first-order chi connectivity index (χ1) is 11.1. The molecule has 0 atom stereocenters. The van der Waals surface area contributed by atoms with E-state index in [4.69, 9.17) is 9.47 Å². The Morgan fingerprint density at radius 1 is 1.04 bits per heavy atom. The minimum atomic E-state index is -0.399. The van der Waals surface area contributed by atoms with Crippen LogP contribution in [-0.2, 0) is 13.1 Å². The average molecular weight is 316 g/mol. The zero-order chi connectivity index (χ0) is 16.7. The molecule has 0 aliphatic carbocycles. The standard InChI is InChI=1S/C17H20N2O4/c1-3-23-17-10-14(6-9-16(17)22-2)12-18-11-13-4-7-15(8-5-13)19(20)21/h4-10,18H,3,11-12H2,1-2H3. The number of nitrogens with zero attached hydrogens (tertiary/aromatic N) is 1. The van der Waals surface area contributed by atoms with Gasteiger partial charge in [0.1, 0.15) is 0 Å². The van der Waals surface area contributed by atoms with E-state index in [1.807, 2.05) is 25.1 Å². The lowest BCUT2D eigenvalue weighted by Gasteiger charge is -2.11. The SMILES string of the molecule is CCOc1cc(CNCc2ccc([N+](=O)[O-])cc2)ccc1OC. The Morgan fingerprint density at radius 3 is 2.30 bits per heavy atom. The highest BCUT2D eigenvalue weighted by Crippen LogP contribution is 2.28. The Hall–Kier alpha value is -2.60. The predicted octanol–water partition coefficient (Wildman–Crippen LogP) is 3.29. The van der Waals surface area contributed by atoms with Crippen molar-refractivity contribution >= 4 is 5.69 Å². The van der Waals surface area contributed by atoms with Crippen LogP contribution in [0.2, 0.25) is 0 Å². The third-order valence-electron chi connectivity index (χ3n) is 3.33. The summed E-state index contributed by atoms with van der Waals surface area (Å²) >= 11 is 0. The molecule has 0 fully saturated rings. The zero-order valence-corrected chi connectivity index (χ0v) is 13.2. The Labute approximate surface area is 135 Å². The number of rotatable bonds is 8. The molecule has 0 aliphatic rings. The smallest absolute Gasteiger partial charge is 0.269 e. The molecule has 0 aliphatic heterocycles. The molecule has 6 heteroatoms. The Morgan fingerprint density at radius 2 is 1.70 bits per heavy atom. The average Bonchev–Trinajstić information content (AvgIpc) is 2.56. The fraction of sp³-hybridized carbons (Fsp3) is 0.294. The van der Waals surface area contributed by atoms with Gasteiger partial charge in [0.25, 0.3) is 5.69 Å². The van der Waals surface area contributed by atoms with Crippen molar-refractivity contribution in [3.63, 3.8) is 0 Å². The predicted molar refractivity (Wildman–Crippen MR) is 87.8 cm³/mol. The third kappa shape index (κ3) is 4.69. The van der Waals surface area contributed by atoms with Crippen molar-refractivity contribution in [2.24, 2.45) is 0 Å². The molecule has 6 nitrogen and oxygen atoms in total. The van der Waals surface area contributed by atoms with Crippen molar-refractivity contribution < 1.29 is 14.4 Å². The summed E-state index contributed by atoms with van der Waals surface area (Å²) in [6.07, 6.45) is 0. The van der Waals surface area contributed by atoms with Crippen LogP contribution in [0.5, 0.6) is 11.5 Å². The molecule has 0 bridgehead atoms. The number of nitro benzene ring substituents is 1. The van der Waals surface area contributed by atoms with Crippen LogP contribution < -0.4 is 14.8 Å². The van der Waals surface area contributed by atoms with Crippen LogP contribution >= 0.6 is 0 Å². The van der Waals surface area contributed by atoms with Gasteiger partial charge in [-0.1, -0.05) is 18.2 Å². The normalized spacial score (nSPS) is 10.3. The second-order valence-corrected chi connectivity index (χ2v) is 4.95. The summed E-state index contributed by atoms with van der Waals surface area (Å²) in [6, 6.07) is 12.3. The topological polar surface area (TPSA) is 73.6 Å². The molecule has 122 valence electrons. The van der Waals surface area contributed by atoms with Gasteiger partial charge < -0.3 is 14.8 Å². The number of hydrogen-bond acceptors (Lipinski definition) is 5. The first-order valence-electron chi connectivity index (χ1n) is 7.37. The molecule has 2 aromatic rings. The third-order valence-corrected chi connectivity index (χ3v) is 3.33. The van der Waals surface area contributed by atoms with Gasteiger partial charge in [-0.15, -0.1) is 0 Å². The minimum Gasteiger partial charge on any atom is -0.493 e. The molecule has 2 aromatic carbocycles. The van der Waals surface area contributed by atoms with Gasteiger partial charge >= 0.3 is 0 Å².